The minimum absolute atomic E-state index is 0.00421. The minimum atomic E-state index is -0.244. The Morgan fingerprint density at radius 1 is 1.48 bits per heavy atom. The Bertz CT molecular complexity index is 557. The first-order valence-electron chi connectivity index (χ1n) is 7.02. The first-order chi connectivity index (χ1) is 10.0. The van der Waals surface area contributed by atoms with Crippen molar-refractivity contribution in [3.63, 3.8) is 0 Å². The van der Waals surface area contributed by atoms with Crippen LogP contribution in [0.5, 0.6) is 0 Å². The summed E-state index contributed by atoms with van der Waals surface area (Å²) in [4.78, 5) is 26.0. The molecule has 0 spiro atoms. The molecule has 0 aromatic carbocycles. The first kappa shape index (κ1) is 15.7. The molecule has 7 nitrogen and oxygen atoms in total. The molecular weight excluding hydrogens is 274 g/mol. The normalized spacial score (nSPS) is 22.3. The smallest absolute Gasteiger partial charge is 0.274 e. The Hall–Kier alpha value is -1.73. The van der Waals surface area contributed by atoms with Gasteiger partial charge in [0.25, 0.3) is 11.5 Å². The summed E-state index contributed by atoms with van der Waals surface area (Å²) in [6.45, 7) is 5.60. The number of amides is 1. The molecule has 0 saturated carbocycles. The lowest BCUT2D eigenvalue weighted by Gasteiger charge is -2.36. The van der Waals surface area contributed by atoms with E-state index in [1.54, 1.807) is 12.0 Å². The number of methoxy groups -OCH3 is 1. The number of ether oxygens (including phenoxy) is 2. The van der Waals surface area contributed by atoms with Crippen molar-refractivity contribution in [2.24, 2.45) is 0 Å². The Morgan fingerprint density at radius 2 is 2.24 bits per heavy atom. The fourth-order valence-corrected chi connectivity index (χ4v) is 2.23. The molecule has 0 N–H and O–H groups in total. The highest BCUT2D eigenvalue weighted by atomic mass is 16.5. The fraction of sp³-hybridized carbons (Fsp3) is 0.643. The highest BCUT2D eigenvalue weighted by Crippen LogP contribution is 2.14. The second-order valence-electron chi connectivity index (χ2n) is 5.22. The van der Waals surface area contributed by atoms with Crippen molar-refractivity contribution in [1.82, 2.24) is 14.7 Å². The number of nitrogens with zero attached hydrogens (tertiary/aromatic N) is 3. The number of morpholine rings is 1. The van der Waals surface area contributed by atoms with Crippen LogP contribution in [0.2, 0.25) is 0 Å². The highest BCUT2D eigenvalue weighted by Gasteiger charge is 2.29. The molecule has 1 aromatic rings. The summed E-state index contributed by atoms with van der Waals surface area (Å²) in [6, 6.07) is 2.83. The van der Waals surface area contributed by atoms with Crippen molar-refractivity contribution >= 4 is 5.91 Å². The molecule has 1 aliphatic rings. The lowest BCUT2D eigenvalue weighted by Crippen LogP contribution is -2.50. The van der Waals surface area contributed by atoms with Gasteiger partial charge in [0.05, 0.1) is 31.9 Å². The topological polar surface area (TPSA) is 73.7 Å². The standard InChI is InChI=1S/C14H21N3O4/c1-10-9-21-11(2)8-16(10)14(19)12-4-5-13(18)17(15-12)6-7-20-3/h4-5,10-11H,6-9H2,1-3H3/t10-,11+/m0/s1. The summed E-state index contributed by atoms with van der Waals surface area (Å²) in [7, 11) is 1.55. The first-order valence-corrected chi connectivity index (χ1v) is 7.02. The van der Waals surface area contributed by atoms with Crippen LogP contribution in [-0.2, 0) is 16.0 Å². The number of aromatic nitrogens is 2. The Morgan fingerprint density at radius 3 is 2.95 bits per heavy atom. The average molecular weight is 295 g/mol. The Balaban J connectivity index is 2.20. The summed E-state index contributed by atoms with van der Waals surface area (Å²) in [5, 5.41) is 4.14. The van der Waals surface area contributed by atoms with Crippen molar-refractivity contribution in [3.05, 3.63) is 28.2 Å². The van der Waals surface area contributed by atoms with Crippen LogP contribution in [-0.4, -0.2) is 59.6 Å². The SMILES string of the molecule is COCCn1nc(C(=O)N2C[C@@H](C)OC[C@@H]2C)ccc1=O. The van der Waals surface area contributed by atoms with Gasteiger partial charge in [0, 0.05) is 19.7 Å². The third-order valence-corrected chi connectivity index (χ3v) is 3.46. The predicted octanol–water partition coefficient (Wildman–Crippen LogP) is 0.139. The molecule has 0 aliphatic carbocycles. The van der Waals surface area contributed by atoms with Crippen LogP contribution in [0.3, 0.4) is 0 Å². The second-order valence-corrected chi connectivity index (χ2v) is 5.22. The van der Waals surface area contributed by atoms with Crippen LogP contribution < -0.4 is 5.56 Å². The van der Waals surface area contributed by atoms with E-state index in [-0.39, 0.29) is 29.3 Å². The monoisotopic (exact) mass is 295 g/mol. The predicted molar refractivity (Wildman–Crippen MR) is 76.3 cm³/mol. The van der Waals surface area contributed by atoms with Crippen molar-refractivity contribution in [3.8, 4) is 0 Å². The molecule has 0 bridgehead atoms. The van der Waals surface area contributed by atoms with Gasteiger partial charge in [-0.25, -0.2) is 4.68 Å². The van der Waals surface area contributed by atoms with E-state index < -0.39 is 0 Å². The molecular formula is C14H21N3O4. The molecule has 0 unspecified atom stereocenters. The second kappa shape index (κ2) is 6.82. The molecule has 2 atom stereocenters. The van der Waals surface area contributed by atoms with Crippen molar-refractivity contribution in [1.29, 1.82) is 0 Å². The minimum Gasteiger partial charge on any atom is -0.383 e. The number of carbonyl (C=O) groups is 1. The molecule has 2 heterocycles. The molecule has 2 rings (SSSR count). The average Bonchev–Trinajstić information content (AvgIpc) is 2.48. The maximum Gasteiger partial charge on any atom is 0.274 e. The summed E-state index contributed by atoms with van der Waals surface area (Å²) in [6.07, 6.45) is 0.00421. The van der Waals surface area contributed by atoms with Gasteiger partial charge in [-0.2, -0.15) is 5.10 Å². The van der Waals surface area contributed by atoms with Crippen LogP contribution >= 0.6 is 0 Å². The zero-order valence-electron chi connectivity index (χ0n) is 12.6. The molecule has 1 fully saturated rings. The maximum absolute atomic E-state index is 12.6. The van der Waals surface area contributed by atoms with Gasteiger partial charge < -0.3 is 14.4 Å². The van der Waals surface area contributed by atoms with Crippen LogP contribution in [0.25, 0.3) is 0 Å². The van der Waals surface area contributed by atoms with E-state index >= 15 is 0 Å². The molecule has 0 radical (unpaired) electrons. The highest BCUT2D eigenvalue weighted by molar-refractivity contribution is 5.92. The fourth-order valence-electron chi connectivity index (χ4n) is 2.23. The van der Waals surface area contributed by atoms with Gasteiger partial charge in [-0.3, -0.25) is 9.59 Å². The summed E-state index contributed by atoms with van der Waals surface area (Å²) < 4.78 is 11.7. The summed E-state index contributed by atoms with van der Waals surface area (Å²) in [5.41, 5.74) is 0.0265. The largest absolute Gasteiger partial charge is 0.383 e. The molecule has 21 heavy (non-hydrogen) atoms. The van der Waals surface area contributed by atoms with Gasteiger partial charge in [-0.05, 0) is 19.9 Å². The molecule has 1 aromatic heterocycles. The van der Waals surface area contributed by atoms with Gasteiger partial charge >= 0.3 is 0 Å². The molecule has 116 valence electrons. The quantitative estimate of drug-likeness (QED) is 0.790. The molecule has 7 heteroatoms. The summed E-state index contributed by atoms with van der Waals surface area (Å²) in [5.74, 6) is -0.177. The maximum atomic E-state index is 12.6. The van der Waals surface area contributed by atoms with Crippen LogP contribution in [0.1, 0.15) is 24.3 Å². The third kappa shape index (κ3) is 3.68. The summed E-state index contributed by atoms with van der Waals surface area (Å²) >= 11 is 0. The lowest BCUT2D eigenvalue weighted by molar-refractivity contribution is -0.0389. The number of carbonyl (C=O) groups excluding carboxylic acids is 1. The van der Waals surface area contributed by atoms with E-state index in [0.717, 1.165) is 0 Å². The zero-order chi connectivity index (χ0) is 15.4. The van der Waals surface area contributed by atoms with Crippen LogP contribution in [0, 0.1) is 0 Å². The van der Waals surface area contributed by atoms with Gasteiger partial charge in [0.1, 0.15) is 5.69 Å². The third-order valence-electron chi connectivity index (χ3n) is 3.46. The van der Waals surface area contributed by atoms with E-state index in [0.29, 0.717) is 26.3 Å². The van der Waals surface area contributed by atoms with Crippen LogP contribution in [0.4, 0.5) is 0 Å². The molecule has 1 amide bonds. The van der Waals surface area contributed by atoms with E-state index in [1.807, 2.05) is 13.8 Å². The van der Waals surface area contributed by atoms with Crippen molar-refractivity contribution < 1.29 is 14.3 Å². The van der Waals surface area contributed by atoms with E-state index in [1.165, 1.54) is 16.8 Å². The van der Waals surface area contributed by atoms with Gasteiger partial charge in [-0.1, -0.05) is 0 Å². The molecule has 1 saturated heterocycles. The van der Waals surface area contributed by atoms with E-state index in [9.17, 15) is 9.59 Å². The van der Waals surface area contributed by atoms with E-state index in [4.69, 9.17) is 9.47 Å². The lowest BCUT2D eigenvalue weighted by atomic mass is 10.2. The number of rotatable bonds is 4. The van der Waals surface area contributed by atoms with Crippen molar-refractivity contribution in [2.75, 3.05) is 26.9 Å². The van der Waals surface area contributed by atoms with Gasteiger partial charge in [-0.15, -0.1) is 0 Å². The Labute approximate surface area is 123 Å². The van der Waals surface area contributed by atoms with Crippen LogP contribution in [0.15, 0.2) is 16.9 Å². The molecule has 1 aliphatic heterocycles. The Kier molecular flexibility index (Phi) is 5.08. The number of hydrogen-bond donors (Lipinski definition) is 0. The van der Waals surface area contributed by atoms with Gasteiger partial charge in [0.2, 0.25) is 0 Å². The number of hydrogen-bond acceptors (Lipinski definition) is 5. The zero-order valence-corrected chi connectivity index (χ0v) is 12.6. The van der Waals surface area contributed by atoms with Gasteiger partial charge in [0.15, 0.2) is 0 Å². The van der Waals surface area contributed by atoms with E-state index in [2.05, 4.69) is 5.10 Å². The van der Waals surface area contributed by atoms with Crippen molar-refractivity contribution in [2.45, 2.75) is 32.5 Å².